The Kier molecular flexibility index (Phi) is 4.21. The third-order valence-corrected chi connectivity index (χ3v) is 8.53. The van der Waals surface area contributed by atoms with E-state index in [1.54, 1.807) is 5.57 Å². The van der Waals surface area contributed by atoms with E-state index >= 15 is 0 Å². The van der Waals surface area contributed by atoms with Crippen LogP contribution in [0, 0.1) is 28.6 Å². The van der Waals surface area contributed by atoms with Crippen LogP contribution >= 0.6 is 0 Å². The normalized spacial score (nSPS) is 49.8. The summed E-state index contributed by atoms with van der Waals surface area (Å²) >= 11 is 0. The number of aliphatic hydroxyl groups excluding tert-OH is 1. The van der Waals surface area contributed by atoms with Gasteiger partial charge in [-0.05, 0) is 101 Å². The lowest BCUT2D eigenvalue weighted by Gasteiger charge is -2.58. The molecule has 2 heteroatoms. The van der Waals surface area contributed by atoms with Crippen LogP contribution in [-0.2, 0) is 4.74 Å². The molecule has 0 heterocycles. The van der Waals surface area contributed by atoms with E-state index in [0.717, 1.165) is 30.6 Å². The second-order valence-electron chi connectivity index (χ2n) is 11.0. The van der Waals surface area contributed by atoms with Gasteiger partial charge in [0, 0.05) is 0 Å². The Bertz CT molecular complexity index is 559. The molecule has 2 nitrogen and oxygen atoms in total. The average molecular weight is 347 g/mol. The largest absolute Gasteiger partial charge is 0.393 e. The Morgan fingerprint density at radius 3 is 2.52 bits per heavy atom. The molecular formula is C23H38O2. The van der Waals surface area contributed by atoms with Crippen LogP contribution in [0.25, 0.3) is 0 Å². The Hall–Kier alpha value is -0.340. The molecule has 1 N–H and O–H groups in total. The minimum atomic E-state index is -0.0624. The van der Waals surface area contributed by atoms with Gasteiger partial charge in [0.15, 0.2) is 0 Å². The van der Waals surface area contributed by atoms with E-state index in [2.05, 4.69) is 40.7 Å². The minimum Gasteiger partial charge on any atom is -0.393 e. The van der Waals surface area contributed by atoms with Crippen molar-refractivity contribution in [2.75, 3.05) is 0 Å². The topological polar surface area (TPSA) is 29.5 Å². The predicted octanol–water partition coefficient (Wildman–Crippen LogP) is 5.49. The Morgan fingerprint density at radius 1 is 1.04 bits per heavy atom. The van der Waals surface area contributed by atoms with Crippen molar-refractivity contribution in [3.63, 3.8) is 0 Å². The van der Waals surface area contributed by atoms with Crippen LogP contribution in [-0.4, -0.2) is 22.9 Å². The average Bonchev–Trinajstić information content (AvgIpc) is 2.82. The van der Waals surface area contributed by atoms with Crippen LogP contribution in [0.15, 0.2) is 11.6 Å². The van der Waals surface area contributed by atoms with Crippen molar-refractivity contribution >= 4 is 0 Å². The molecule has 4 rings (SSSR count). The highest BCUT2D eigenvalue weighted by Crippen LogP contribution is 2.64. The summed E-state index contributed by atoms with van der Waals surface area (Å²) in [6, 6.07) is 0. The minimum absolute atomic E-state index is 0.0389. The maximum absolute atomic E-state index is 10.6. The van der Waals surface area contributed by atoms with Gasteiger partial charge in [-0.15, -0.1) is 0 Å². The second-order valence-corrected chi connectivity index (χ2v) is 11.0. The second kappa shape index (κ2) is 5.83. The van der Waals surface area contributed by atoms with Crippen molar-refractivity contribution in [2.24, 2.45) is 28.6 Å². The lowest BCUT2D eigenvalue weighted by Crippen LogP contribution is -2.51. The van der Waals surface area contributed by atoms with E-state index in [9.17, 15) is 5.11 Å². The van der Waals surface area contributed by atoms with Crippen molar-refractivity contribution in [1.82, 2.24) is 0 Å². The first-order valence-corrected chi connectivity index (χ1v) is 10.7. The maximum atomic E-state index is 10.6. The summed E-state index contributed by atoms with van der Waals surface area (Å²) in [4.78, 5) is 0. The third kappa shape index (κ3) is 2.83. The highest BCUT2D eigenvalue weighted by molar-refractivity contribution is 5.25. The molecule has 4 aliphatic carbocycles. The Morgan fingerprint density at radius 2 is 1.80 bits per heavy atom. The van der Waals surface area contributed by atoms with Gasteiger partial charge in [0.2, 0.25) is 0 Å². The van der Waals surface area contributed by atoms with Crippen LogP contribution in [0.4, 0.5) is 0 Å². The van der Waals surface area contributed by atoms with Crippen LogP contribution in [0.1, 0.15) is 86.0 Å². The summed E-state index contributed by atoms with van der Waals surface area (Å²) in [5, 5.41) is 10.6. The molecule has 0 amide bonds. The number of hydrogen-bond donors (Lipinski definition) is 1. The molecule has 0 saturated heterocycles. The molecule has 0 aromatic heterocycles. The molecule has 25 heavy (non-hydrogen) atoms. The van der Waals surface area contributed by atoms with Crippen molar-refractivity contribution < 1.29 is 9.84 Å². The van der Waals surface area contributed by atoms with Crippen molar-refractivity contribution in [1.29, 1.82) is 0 Å². The first kappa shape index (κ1) is 18.0. The quantitative estimate of drug-likeness (QED) is 0.636. The predicted molar refractivity (Wildman–Crippen MR) is 102 cm³/mol. The zero-order valence-corrected chi connectivity index (χ0v) is 17.0. The number of ether oxygens (including phenoxy) is 1. The third-order valence-electron chi connectivity index (χ3n) is 8.53. The van der Waals surface area contributed by atoms with E-state index in [1.165, 1.54) is 38.5 Å². The molecule has 0 unspecified atom stereocenters. The van der Waals surface area contributed by atoms with Gasteiger partial charge >= 0.3 is 0 Å². The zero-order chi connectivity index (χ0) is 18.0. The molecule has 4 aliphatic rings. The fourth-order valence-electron chi connectivity index (χ4n) is 7.20. The molecule has 7 atom stereocenters. The zero-order valence-electron chi connectivity index (χ0n) is 17.0. The summed E-state index contributed by atoms with van der Waals surface area (Å²) in [6.07, 6.45) is 12.6. The number of hydrogen-bond acceptors (Lipinski definition) is 2. The van der Waals surface area contributed by atoms with Gasteiger partial charge in [0.1, 0.15) is 0 Å². The van der Waals surface area contributed by atoms with Crippen LogP contribution in [0.3, 0.4) is 0 Å². The lowest BCUT2D eigenvalue weighted by molar-refractivity contribution is -0.0988. The van der Waals surface area contributed by atoms with Crippen LogP contribution < -0.4 is 0 Å². The number of aliphatic hydroxyl groups is 1. The van der Waals surface area contributed by atoms with E-state index in [-0.39, 0.29) is 17.1 Å². The molecule has 0 spiro atoms. The van der Waals surface area contributed by atoms with E-state index < -0.39 is 0 Å². The molecule has 0 aromatic carbocycles. The summed E-state index contributed by atoms with van der Waals surface area (Å²) in [7, 11) is 0. The van der Waals surface area contributed by atoms with Crippen LogP contribution in [0.5, 0.6) is 0 Å². The van der Waals surface area contributed by atoms with E-state index in [1.807, 2.05) is 0 Å². The first-order valence-electron chi connectivity index (χ1n) is 10.7. The highest BCUT2D eigenvalue weighted by atomic mass is 16.5. The van der Waals surface area contributed by atoms with Gasteiger partial charge in [0.05, 0.1) is 17.8 Å². The highest BCUT2D eigenvalue weighted by Gasteiger charge is 2.58. The van der Waals surface area contributed by atoms with Crippen molar-refractivity contribution in [2.45, 2.75) is 104 Å². The summed E-state index contributed by atoms with van der Waals surface area (Å²) < 4.78 is 6.33. The summed E-state index contributed by atoms with van der Waals surface area (Å²) in [5.41, 5.74) is 2.23. The maximum Gasteiger partial charge on any atom is 0.0619 e. The van der Waals surface area contributed by atoms with Gasteiger partial charge in [-0.3, -0.25) is 0 Å². The van der Waals surface area contributed by atoms with Crippen molar-refractivity contribution in [3.05, 3.63) is 11.6 Å². The number of fused-ring (bicyclic) bond motifs is 5. The first-order chi connectivity index (χ1) is 11.6. The molecule has 0 aliphatic heterocycles. The molecule has 0 radical (unpaired) electrons. The molecule has 3 saturated carbocycles. The monoisotopic (exact) mass is 346 g/mol. The number of rotatable bonds is 1. The SMILES string of the molecule is CC(C)(C)O[C@H]1CC[C@@]2(C)C(=CC[C@H]3[C@H]2CC[C@@]2(C)[C@@H](O)CC[C@@H]32)C1. The van der Waals surface area contributed by atoms with Crippen molar-refractivity contribution in [3.8, 4) is 0 Å². The fourth-order valence-corrected chi connectivity index (χ4v) is 7.20. The lowest BCUT2D eigenvalue weighted by atomic mass is 9.48. The fraction of sp³-hybridized carbons (Fsp3) is 0.913. The van der Waals surface area contributed by atoms with Gasteiger partial charge in [-0.1, -0.05) is 25.5 Å². The van der Waals surface area contributed by atoms with E-state index in [0.29, 0.717) is 11.5 Å². The number of allylic oxidation sites excluding steroid dienone is 1. The molecule has 0 aromatic rings. The van der Waals surface area contributed by atoms with Crippen LogP contribution in [0.2, 0.25) is 0 Å². The smallest absolute Gasteiger partial charge is 0.0619 e. The van der Waals surface area contributed by atoms with Gasteiger partial charge in [-0.2, -0.15) is 0 Å². The Balaban J connectivity index is 1.56. The molecule has 3 fully saturated rings. The summed E-state index contributed by atoms with van der Waals surface area (Å²) in [5.74, 6) is 2.36. The van der Waals surface area contributed by atoms with Gasteiger partial charge in [0.25, 0.3) is 0 Å². The standard InChI is InChI=1S/C23H38O2/c1-21(2,3)25-16-10-12-22(4)15(14-16)6-7-17-18-8-9-20(24)23(18,5)13-11-19(17)22/h6,16-20,24H,7-14H2,1-5H3/t16-,17+,18-,19+,20-,22-,23+/m0/s1. The van der Waals surface area contributed by atoms with E-state index in [4.69, 9.17) is 4.74 Å². The molecule has 0 bridgehead atoms. The van der Waals surface area contributed by atoms with Gasteiger partial charge in [-0.25, -0.2) is 0 Å². The summed E-state index contributed by atoms with van der Waals surface area (Å²) in [6.45, 7) is 11.5. The Labute approximate surface area is 154 Å². The van der Waals surface area contributed by atoms with Gasteiger partial charge < -0.3 is 9.84 Å². The molecular weight excluding hydrogens is 308 g/mol. The molecule has 142 valence electrons.